The van der Waals surface area contributed by atoms with E-state index in [4.69, 9.17) is 4.42 Å². The molecule has 0 amide bonds. The Hall–Kier alpha value is -2.27. The molecular weight excluding hydrogens is 290 g/mol. The van der Waals surface area contributed by atoms with E-state index >= 15 is 0 Å². The van der Waals surface area contributed by atoms with Gasteiger partial charge < -0.3 is 20.2 Å². The lowest BCUT2D eigenvalue weighted by atomic mass is 9.96. The number of aliphatic hydroxyl groups is 1. The van der Waals surface area contributed by atoms with E-state index in [0.717, 1.165) is 24.3 Å². The van der Waals surface area contributed by atoms with E-state index in [2.05, 4.69) is 15.6 Å². The van der Waals surface area contributed by atoms with Gasteiger partial charge in [0, 0.05) is 19.5 Å². The number of furan rings is 1. The Morgan fingerprint density at radius 1 is 1.17 bits per heavy atom. The molecule has 0 saturated carbocycles. The smallest absolute Gasteiger partial charge is 0.191 e. The highest BCUT2D eigenvalue weighted by molar-refractivity contribution is 5.79. The maximum atomic E-state index is 10.6. The molecule has 1 atom stereocenters. The molecule has 1 unspecified atom stereocenters. The largest absolute Gasteiger partial charge is 0.469 e. The third-order valence-electron chi connectivity index (χ3n) is 3.53. The van der Waals surface area contributed by atoms with Crippen LogP contribution in [0.15, 0.2) is 58.1 Å². The molecule has 3 N–H and O–H groups in total. The summed E-state index contributed by atoms with van der Waals surface area (Å²) in [6, 6.07) is 13.4. The Morgan fingerprint density at radius 3 is 2.61 bits per heavy atom. The van der Waals surface area contributed by atoms with Crippen LogP contribution in [-0.2, 0) is 12.0 Å². The van der Waals surface area contributed by atoms with Crippen molar-refractivity contribution < 1.29 is 9.52 Å². The van der Waals surface area contributed by atoms with Crippen LogP contribution in [0.3, 0.4) is 0 Å². The molecule has 1 aromatic heterocycles. The van der Waals surface area contributed by atoms with E-state index in [9.17, 15) is 5.11 Å². The van der Waals surface area contributed by atoms with Crippen LogP contribution in [0.5, 0.6) is 0 Å². The normalized spacial score (nSPS) is 14.3. The van der Waals surface area contributed by atoms with Gasteiger partial charge in [0.05, 0.1) is 12.8 Å². The fourth-order valence-electron chi connectivity index (χ4n) is 2.22. The lowest BCUT2D eigenvalue weighted by Gasteiger charge is -2.22. The predicted molar refractivity (Wildman–Crippen MR) is 92.4 cm³/mol. The zero-order valence-electron chi connectivity index (χ0n) is 13.7. The van der Waals surface area contributed by atoms with Gasteiger partial charge in [-0.05, 0) is 31.5 Å². The number of aliphatic imine (C=N–C) groups is 1. The zero-order valence-corrected chi connectivity index (χ0v) is 13.7. The molecule has 0 fully saturated rings. The van der Waals surface area contributed by atoms with E-state index in [-0.39, 0.29) is 6.54 Å². The Kier molecular flexibility index (Phi) is 6.23. The second kappa shape index (κ2) is 8.39. The quantitative estimate of drug-likeness (QED) is 0.541. The molecule has 0 aliphatic rings. The molecule has 0 aliphatic heterocycles. The Morgan fingerprint density at radius 2 is 1.96 bits per heavy atom. The van der Waals surface area contributed by atoms with Crippen molar-refractivity contribution in [1.82, 2.24) is 10.6 Å². The summed E-state index contributed by atoms with van der Waals surface area (Å²) in [5.74, 6) is 1.62. The van der Waals surface area contributed by atoms with Crippen molar-refractivity contribution in [2.45, 2.75) is 25.9 Å². The van der Waals surface area contributed by atoms with Gasteiger partial charge in [-0.15, -0.1) is 0 Å². The van der Waals surface area contributed by atoms with Gasteiger partial charge in [0.1, 0.15) is 11.4 Å². The molecule has 0 bridgehead atoms. The summed E-state index contributed by atoms with van der Waals surface area (Å²) in [4.78, 5) is 4.49. The fourth-order valence-corrected chi connectivity index (χ4v) is 2.22. The molecule has 0 aliphatic carbocycles. The molecule has 0 radical (unpaired) electrons. The number of benzene rings is 1. The first-order valence-electron chi connectivity index (χ1n) is 7.94. The summed E-state index contributed by atoms with van der Waals surface area (Å²) in [5, 5.41) is 17.0. The van der Waals surface area contributed by atoms with Crippen LogP contribution in [0.4, 0.5) is 0 Å². The van der Waals surface area contributed by atoms with Gasteiger partial charge in [-0.3, -0.25) is 0 Å². The monoisotopic (exact) mass is 315 g/mol. The lowest BCUT2D eigenvalue weighted by Crippen LogP contribution is -2.39. The molecule has 5 heteroatoms. The van der Waals surface area contributed by atoms with E-state index < -0.39 is 5.60 Å². The Bertz CT molecular complexity index is 592. The summed E-state index contributed by atoms with van der Waals surface area (Å²) in [5.41, 5.74) is -0.139. The second-order valence-electron chi connectivity index (χ2n) is 5.59. The highest BCUT2D eigenvalue weighted by Gasteiger charge is 2.22. The molecule has 0 saturated heterocycles. The summed E-state index contributed by atoms with van der Waals surface area (Å²) in [7, 11) is 0. The van der Waals surface area contributed by atoms with Crippen LogP contribution in [0.2, 0.25) is 0 Å². The molecule has 1 heterocycles. The van der Waals surface area contributed by atoms with Crippen LogP contribution in [0.25, 0.3) is 0 Å². The number of guanidine groups is 1. The minimum atomic E-state index is -0.995. The van der Waals surface area contributed by atoms with Crippen molar-refractivity contribution in [2.24, 2.45) is 4.99 Å². The molecule has 0 spiro atoms. The molecule has 5 nitrogen and oxygen atoms in total. The summed E-state index contributed by atoms with van der Waals surface area (Å²) in [6.45, 7) is 5.55. The average Bonchev–Trinajstić information content (AvgIpc) is 3.07. The van der Waals surface area contributed by atoms with E-state index in [1.807, 2.05) is 49.4 Å². The predicted octanol–water partition coefficient (Wildman–Crippen LogP) is 2.28. The molecular formula is C18H25N3O2. The van der Waals surface area contributed by atoms with E-state index in [1.54, 1.807) is 13.2 Å². The van der Waals surface area contributed by atoms with Gasteiger partial charge in [0.15, 0.2) is 5.96 Å². The van der Waals surface area contributed by atoms with Crippen molar-refractivity contribution in [3.05, 3.63) is 60.1 Å². The first-order chi connectivity index (χ1) is 11.1. The van der Waals surface area contributed by atoms with E-state index in [1.165, 1.54) is 0 Å². The molecule has 2 aromatic rings. The minimum absolute atomic E-state index is 0.285. The average molecular weight is 315 g/mol. The summed E-state index contributed by atoms with van der Waals surface area (Å²) in [6.07, 6.45) is 2.46. The zero-order chi connectivity index (χ0) is 16.5. The number of hydrogen-bond donors (Lipinski definition) is 3. The van der Waals surface area contributed by atoms with Crippen LogP contribution < -0.4 is 10.6 Å². The Labute approximate surface area is 137 Å². The first kappa shape index (κ1) is 17.1. The highest BCUT2D eigenvalue weighted by atomic mass is 16.3. The number of nitrogens with one attached hydrogen (secondary N) is 2. The number of rotatable bonds is 7. The van der Waals surface area contributed by atoms with Crippen LogP contribution in [0.1, 0.15) is 25.2 Å². The summed E-state index contributed by atoms with van der Waals surface area (Å²) < 4.78 is 5.31. The third kappa shape index (κ3) is 5.45. The van der Waals surface area contributed by atoms with Crippen LogP contribution in [-0.4, -0.2) is 30.7 Å². The van der Waals surface area contributed by atoms with Gasteiger partial charge in [-0.2, -0.15) is 0 Å². The molecule has 23 heavy (non-hydrogen) atoms. The Balaban J connectivity index is 1.92. The van der Waals surface area contributed by atoms with Gasteiger partial charge >= 0.3 is 0 Å². The van der Waals surface area contributed by atoms with Crippen molar-refractivity contribution in [2.75, 3.05) is 19.6 Å². The highest BCUT2D eigenvalue weighted by Crippen LogP contribution is 2.20. The van der Waals surface area contributed by atoms with Crippen molar-refractivity contribution in [3.63, 3.8) is 0 Å². The van der Waals surface area contributed by atoms with Gasteiger partial charge in [0.2, 0.25) is 0 Å². The summed E-state index contributed by atoms with van der Waals surface area (Å²) >= 11 is 0. The first-order valence-corrected chi connectivity index (χ1v) is 7.94. The van der Waals surface area contributed by atoms with Crippen molar-refractivity contribution in [1.29, 1.82) is 0 Å². The molecule has 2 rings (SSSR count). The van der Waals surface area contributed by atoms with E-state index in [0.29, 0.717) is 12.5 Å². The third-order valence-corrected chi connectivity index (χ3v) is 3.53. The second-order valence-corrected chi connectivity index (χ2v) is 5.59. The maximum absolute atomic E-state index is 10.6. The molecule has 124 valence electrons. The van der Waals surface area contributed by atoms with Crippen molar-refractivity contribution in [3.8, 4) is 0 Å². The SMILES string of the molecule is CCNC(=NCC(C)(O)c1ccccc1)NCCc1ccco1. The van der Waals surface area contributed by atoms with Gasteiger partial charge in [-0.25, -0.2) is 4.99 Å². The fraction of sp³-hybridized carbons (Fsp3) is 0.389. The number of nitrogens with zero attached hydrogens (tertiary/aromatic N) is 1. The standard InChI is InChI=1S/C18H25N3O2/c1-3-19-17(20-12-11-16-10-7-13-23-16)21-14-18(2,22)15-8-5-4-6-9-15/h4-10,13,22H,3,11-12,14H2,1-2H3,(H2,19,20,21). The molecule has 1 aromatic carbocycles. The number of hydrogen-bond acceptors (Lipinski definition) is 3. The minimum Gasteiger partial charge on any atom is -0.469 e. The van der Waals surface area contributed by atoms with Gasteiger partial charge in [-0.1, -0.05) is 30.3 Å². The van der Waals surface area contributed by atoms with Crippen molar-refractivity contribution >= 4 is 5.96 Å². The van der Waals surface area contributed by atoms with Crippen LogP contribution in [0, 0.1) is 0 Å². The van der Waals surface area contributed by atoms with Crippen LogP contribution >= 0.6 is 0 Å². The maximum Gasteiger partial charge on any atom is 0.191 e. The topological polar surface area (TPSA) is 69.8 Å². The van der Waals surface area contributed by atoms with Gasteiger partial charge in [0.25, 0.3) is 0 Å². The lowest BCUT2D eigenvalue weighted by molar-refractivity contribution is 0.0672.